The summed E-state index contributed by atoms with van der Waals surface area (Å²) >= 11 is 0. The number of aromatic nitrogens is 3. The lowest BCUT2D eigenvalue weighted by atomic mass is 10.1. The van der Waals surface area contributed by atoms with E-state index in [1.165, 1.54) is 0 Å². The molecule has 0 aliphatic carbocycles. The molecular formula is C12H20N4O. The summed E-state index contributed by atoms with van der Waals surface area (Å²) in [4.78, 5) is 17.8. The number of ketones is 1. The van der Waals surface area contributed by atoms with Crippen LogP contribution in [0, 0.1) is 5.92 Å². The molecule has 94 valence electrons. The first-order valence-corrected chi connectivity index (χ1v) is 6.26. The maximum absolute atomic E-state index is 11.4. The van der Waals surface area contributed by atoms with Gasteiger partial charge in [0.05, 0.1) is 13.1 Å². The maximum Gasteiger partial charge on any atom is 0.146 e. The third-order valence-electron chi connectivity index (χ3n) is 2.93. The molecule has 0 aromatic carbocycles. The van der Waals surface area contributed by atoms with Gasteiger partial charge in [-0.2, -0.15) is 5.10 Å². The Kier molecular flexibility index (Phi) is 3.89. The van der Waals surface area contributed by atoms with Crippen molar-refractivity contribution >= 4 is 5.78 Å². The highest BCUT2D eigenvalue weighted by atomic mass is 16.1. The van der Waals surface area contributed by atoms with Crippen molar-refractivity contribution in [3.63, 3.8) is 0 Å². The van der Waals surface area contributed by atoms with Crippen LogP contribution < -0.4 is 0 Å². The van der Waals surface area contributed by atoms with Crippen molar-refractivity contribution in [2.45, 2.75) is 39.8 Å². The number of piperidine rings is 1. The fraction of sp³-hybridized carbons (Fsp3) is 0.750. The van der Waals surface area contributed by atoms with Gasteiger partial charge in [0.15, 0.2) is 0 Å². The normalized spacial score (nSPS) is 17.9. The molecule has 1 aromatic heterocycles. The van der Waals surface area contributed by atoms with Crippen molar-refractivity contribution in [1.82, 2.24) is 19.7 Å². The fourth-order valence-corrected chi connectivity index (χ4v) is 2.15. The lowest BCUT2D eigenvalue weighted by molar-refractivity contribution is -0.122. The van der Waals surface area contributed by atoms with E-state index in [0.29, 0.717) is 18.2 Å². The van der Waals surface area contributed by atoms with Crippen molar-refractivity contribution in [3.05, 3.63) is 12.2 Å². The first-order chi connectivity index (χ1) is 8.15. The third-order valence-corrected chi connectivity index (χ3v) is 2.93. The third kappa shape index (κ3) is 3.36. The second-order valence-electron chi connectivity index (χ2n) is 5.11. The topological polar surface area (TPSA) is 51.0 Å². The van der Waals surface area contributed by atoms with Crippen LogP contribution >= 0.6 is 0 Å². The maximum atomic E-state index is 11.4. The Balaban J connectivity index is 1.98. The van der Waals surface area contributed by atoms with Gasteiger partial charge >= 0.3 is 0 Å². The molecule has 2 heterocycles. The minimum Gasteiger partial charge on any atom is -0.298 e. The van der Waals surface area contributed by atoms with Crippen molar-refractivity contribution in [2.24, 2.45) is 5.92 Å². The monoisotopic (exact) mass is 236 g/mol. The largest absolute Gasteiger partial charge is 0.298 e. The van der Waals surface area contributed by atoms with Gasteiger partial charge in [-0.3, -0.25) is 9.69 Å². The first kappa shape index (κ1) is 12.2. The van der Waals surface area contributed by atoms with E-state index in [4.69, 9.17) is 0 Å². The van der Waals surface area contributed by atoms with Crippen LogP contribution in [0.15, 0.2) is 6.33 Å². The molecule has 1 aliphatic heterocycles. The van der Waals surface area contributed by atoms with Crippen LogP contribution in [0.4, 0.5) is 0 Å². The van der Waals surface area contributed by atoms with Gasteiger partial charge in [-0.25, -0.2) is 9.67 Å². The van der Waals surface area contributed by atoms with Gasteiger partial charge < -0.3 is 0 Å². The van der Waals surface area contributed by atoms with Crippen molar-refractivity contribution < 1.29 is 4.79 Å². The summed E-state index contributed by atoms with van der Waals surface area (Å²) in [7, 11) is 0. The average molecular weight is 236 g/mol. The lowest BCUT2D eigenvalue weighted by Crippen LogP contribution is -2.36. The Labute approximate surface area is 102 Å². The summed E-state index contributed by atoms with van der Waals surface area (Å²) in [6, 6.07) is 0. The first-order valence-electron chi connectivity index (χ1n) is 6.26. The highest BCUT2D eigenvalue weighted by Crippen LogP contribution is 2.10. The van der Waals surface area contributed by atoms with E-state index in [1.807, 2.05) is 4.68 Å². The number of carbonyl (C=O) groups excluding carboxylic acids is 1. The average Bonchev–Trinajstić information content (AvgIpc) is 2.65. The van der Waals surface area contributed by atoms with Crippen LogP contribution in [0.1, 0.15) is 32.5 Å². The predicted molar refractivity (Wildman–Crippen MR) is 64.4 cm³/mol. The molecule has 0 N–H and O–H groups in total. The molecule has 1 aliphatic rings. The molecule has 1 aromatic rings. The van der Waals surface area contributed by atoms with E-state index in [2.05, 4.69) is 28.8 Å². The van der Waals surface area contributed by atoms with Gasteiger partial charge in [0.2, 0.25) is 0 Å². The number of Topliss-reactive ketones (excluding diaryl/α,β-unsaturated/α-hetero) is 1. The molecule has 5 nitrogen and oxygen atoms in total. The molecule has 1 fully saturated rings. The number of nitrogens with zero attached hydrogens (tertiary/aromatic N) is 4. The van der Waals surface area contributed by atoms with Gasteiger partial charge in [0, 0.05) is 13.0 Å². The molecule has 0 bridgehead atoms. The van der Waals surface area contributed by atoms with Gasteiger partial charge in [0.1, 0.15) is 17.9 Å². The Bertz CT molecular complexity index is 386. The molecule has 0 spiro atoms. The lowest BCUT2D eigenvalue weighted by Gasteiger charge is -2.25. The highest BCUT2D eigenvalue weighted by molar-refractivity contribution is 5.81. The van der Waals surface area contributed by atoms with Crippen LogP contribution in [0.3, 0.4) is 0 Å². The Morgan fingerprint density at radius 2 is 2.29 bits per heavy atom. The summed E-state index contributed by atoms with van der Waals surface area (Å²) < 4.78 is 1.95. The second kappa shape index (κ2) is 5.40. The second-order valence-corrected chi connectivity index (χ2v) is 5.11. The Morgan fingerprint density at radius 1 is 1.47 bits per heavy atom. The van der Waals surface area contributed by atoms with Crippen LogP contribution in [0.25, 0.3) is 0 Å². The summed E-state index contributed by atoms with van der Waals surface area (Å²) in [6.07, 6.45) is 3.30. The van der Waals surface area contributed by atoms with E-state index in [9.17, 15) is 4.79 Å². The van der Waals surface area contributed by atoms with Crippen molar-refractivity contribution in [2.75, 3.05) is 13.1 Å². The minimum absolute atomic E-state index is 0.339. The summed E-state index contributed by atoms with van der Waals surface area (Å²) in [5.74, 6) is 1.86. The van der Waals surface area contributed by atoms with E-state index in [-0.39, 0.29) is 0 Å². The zero-order valence-corrected chi connectivity index (χ0v) is 10.6. The van der Waals surface area contributed by atoms with Crippen LogP contribution in [-0.4, -0.2) is 38.5 Å². The number of likely N-dealkylation sites (tertiary alicyclic amines) is 1. The van der Waals surface area contributed by atoms with Gasteiger partial charge in [0.25, 0.3) is 0 Å². The summed E-state index contributed by atoms with van der Waals surface area (Å²) in [6.45, 7) is 7.50. The molecule has 0 amide bonds. The quantitative estimate of drug-likeness (QED) is 0.785. The molecule has 0 atom stereocenters. The van der Waals surface area contributed by atoms with E-state index < -0.39 is 0 Å². The standard InChI is InChI=1S/C12H20N4O/c1-10(2)6-16-12(13-9-14-16)8-15-5-3-4-11(17)7-15/h9-10H,3-8H2,1-2H3. The number of rotatable bonds is 4. The van der Waals surface area contributed by atoms with E-state index in [1.54, 1.807) is 6.33 Å². The Morgan fingerprint density at radius 3 is 3.00 bits per heavy atom. The smallest absolute Gasteiger partial charge is 0.146 e. The van der Waals surface area contributed by atoms with Crippen LogP contribution in [0.2, 0.25) is 0 Å². The number of hydrogen-bond acceptors (Lipinski definition) is 4. The zero-order valence-electron chi connectivity index (χ0n) is 10.6. The SMILES string of the molecule is CC(C)Cn1ncnc1CN1CCCC(=O)C1. The zero-order chi connectivity index (χ0) is 12.3. The van der Waals surface area contributed by atoms with Crippen molar-refractivity contribution in [1.29, 1.82) is 0 Å². The Hall–Kier alpha value is -1.23. The highest BCUT2D eigenvalue weighted by Gasteiger charge is 2.18. The fourth-order valence-electron chi connectivity index (χ4n) is 2.15. The molecular weight excluding hydrogens is 216 g/mol. The van der Waals surface area contributed by atoms with Gasteiger partial charge in [-0.15, -0.1) is 0 Å². The molecule has 2 rings (SSSR count). The minimum atomic E-state index is 0.339. The molecule has 0 saturated carbocycles. The molecule has 0 unspecified atom stereocenters. The van der Waals surface area contributed by atoms with Crippen molar-refractivity contribution in [3.8, 4) is 0 Å². The van der Waals surface area contributed by atoms with Gasteiger partial charge in [-0.05, 0) is 18.9 Å². The number of hydrogen-bond donors (Lipinski definition) is 0. The molecule has 1 saturated heterocycles. The van der Waals surface area contributed by atoms with Crippen LogP contribution in [-0.2, 0) is 17.9 Å². The predicted octanol–water partition coefficient (Wildman–Crippen LogP) is 1.10. The summed E-state index contributed by atoms with van der Waals surface area (Å²) in [5, 5.41) is 4.23. The summed E-state index contributed by atoms with van der Waals surface area (Å²) in [5.41, 5.74) is 0. The van der Waals surface area contributed by atoms with Gasteiger partial charge in [-0.1, -0.05) is 13.8 Å². The molecule has 0 radical (unpaired) electrons. The van der Waals surface area contributed by atoms with Crippen LogP contribution in [0.5, 0.6) is 0 Å². The van der Waals surface area contributed by atoms with E-state index >= 15 is 0 Å². The number of carbonyl (C=O) groups is 1. The van der Waals surface area contributed by atoms with E-state index in [0.717, 1.165) is 38.3 Å². The molecule has 17 heavy (non-hydrogen) atoms. The molecule has 5 heteroatoms.